The van der Waals surface area contributed by atoms with Gasteiger partial charge in [-0.15, -0.1) is 0 Å². The first-order valence-electron chi connectivity index (χ1n) is 7.09. The standard InChI is InChI=1S/C15H16F2N4O3/c1-8-5-9(2)21(20-8)13-4-3-10(7-18-13)14(22)19-11(15(23)24)6-12(16)17/h3-5,7,11-12H,6H2,1-2H3,(H,19,22)(H,23,24). The van der Waals surface area contributed by atoms with Crippen LogP contribution >= 0.6 is 0 Å². The van der Waals surface area contributed by atoms with Crippen molar-refractivity contribution in [2.75, 3.05) is 0 Å². The lowest BCUT2D eigenvalue weighted by atomic mass is 10.2. The molecule has 7 nitrogen and oxygen atoms in total. The highest BCUT2D eigenvalue weighted by molar-refractivity contribution is 5.96. The summed E-state index contributed by atoms with van der Waals surface area (Å²) in [5.41, 5.74) is 1.74. The average molecular weight is 338 g/mol. The Kier molecular flexibility index (Phi) is 5.22. The first-order chi connectivity index (χ1) is 11.3. The molecule has 128 valence electrons. The lowest BCUT2D eigenvalue weighted by molar-refractivity contribution is -0.140. The Morgan fingerprint density at radius 3 is 2.50 bits per heavy atom. The lowest BCUT2D eigenvalue weighted by Gasteiger charge is -2.14. The number of amides is 1. The Bertz CT molecular complexity index is 744. The molecular formula is C15H16F2N4O3. The lowest BCUT2D eigenvalue weighted by Crippen LogP contribution is -2.42. The van der Waals surface area contributed by atoms with Gasteiger partial charge in [0, 0.05) is 18.3 Å². The second kappa shape index (κ2) is 7.16. The van der Waals surface area contributed by atoms with E-state index in [0.29, 0.717) is 5.82 Å². The van der Waals surface area contributed by atoms with E-state index in [1.54, 1.807) is 4.68 Å². The number of carbonyl (C=O) groups excluding carboxylic acids is 1. The smallest absolute Gasteiger partial charge is 0.326 e. The third-order valence-corrected chi connectivity index (χ3v) is 3.25. The predicted octanol–water partition coefficient (Wildman–Crippen LogP) is 1.72. The van der Waals surface area contributed by atoms with Gasteiger partial charge < -0.3 is 10.4 Å². The summed E-state index contributed by atoms with van der Waals surface area (Å²) >= 11 is 0. The van der Waals surface area contributed by atoms with Crippen LogP contribution in [-0.2, 0) is 4.79 Å². The van der Waals surface area contributed by atoms with Gasteiger partial charge in [-0.05, 0) is 32.0 Å². The van der Waals surface area contributed by atoms with Crippen molar-refractivity contribution in [3.05, 3.63) is 41.3 Å². The number of rotatable bonds is 6. The quantitative estimate of drug-likeness (QED) is 0.836. The van der Waals surface area contributed by atoms with Gasteiger partial charge in [0.05, 0.1) is 11.3 Å². The summed E-state index contributed by atoms with van der Waals surface area (Å²) in [5, 5.41) is 15.2. The van der Waals surface area contributed by atoms with Crippen LogP contribution < -0.4 is 5.32 Å². The number of hydrogen-bond donors (Lipinski definition) is 2. The van der Waals surface area contributed by atoms with E-state index in [2.05, 4.69) is 15.4 Å². The molecule has 0 aliphatic carbocycles. The molecule has 24 heavy (non-hydrogen) atoms. The molecule has 2 N–H and O–H groups in total. The van der Waals surface area contributed by atoms with Crippen molar-refractivity contribution in [1.29, 1.82) is 0 Å². The molecule has 0 aromatic carbocycles. The van der Waals surface area contributed by atoms with Crippen molar-refractivity contribution in [2.45, 2.75) is 32.7 Å². The van der Waals surface area contributed by atoms with E-state index in [1.165, 1.54) is 18.3 Å². The number of aryl methyl sites for hydroxylation is 2. The fraction of sp³-hybridized carbons (Fsp3) is 0.333. The molecule has 0 aliphatic heterocycles. The van der Waals surface area contributed by atoms with Gasteiger partial charge in [0.25, 0.3) is 5.91 Å². The predicted molar refractivity (Wildman–Crippen MR) is 80.3 cm³/mol. The molecule has 1 amide bonds. The maximum Gasteiger partial charge on any atom is 0.326 e. The van der Waals surface area contributed by atoms with Crippen LogP contribution in [0, 0.1) is 13.8 Å². The minimum atomic E-state index is -2.84. The van der Waals surface area contributed by atoms with E-state index in [9.17, 15) is 18.4 Å². The van der Waals surface area contributed by atoms with Crippen molar-refractivity contribution in [1.82, 2.24) is 20.1 Å². The fourth-order valence-corrected chi connectivity index (χ4v) is 2.15. The number of nitrogens with one attached hydrogen (secondary N) is 1. The van der Waals surface area contributed by atoms with Crippen molar-refractivity contribution in [2.24, 2.45) is 0 Å². The molecule has 1 unspecified atom stereocenters. The van der Waals surface area contributed by atoms with Crippen LogP contribution in [0.3, 0.4) is 0 Å². The molecule has 2 heterocycles. The average Bonchev–Trinajstić information content (AvgIpc) is 2.84. The number of aromatic nitrogens is 3. The van der Waals surface area contributed by atoms with Gasteiger partial charge in [0.2, 0.25) is 6.43 Å². The molecule has 1 atom stereocenters. The van der Waals surface area contributed by atoms with Gasteiger partial charge in [-0.1, -0.05) is 0 Å². The third kappa shape index (κ3) is 4.12. The minimum Gasteiger partial charge on any atom is -0.480 e. The number of carboxylic acid groups (broad SMARTS) is 1. The summed E-state index contributed by atoms with van der Waals surface area (Å²) in [6.07, 6.45) is -2.56. The number of carboxylic acids is 1. The zero-order chi connectivity index (χ0) is 17.9. The van der Waals surface area contributed by atoms with Crippen molar-refractivity contribution >= 4 is 11.9 Å². The number of carbonyl (C=O) groups is 2. The number of alkyl halides is 2. The van der Waals surface area contributed by atoms with E-state index in [1.807, 2.05) is 19.9 Å². The number of pyridine rings is 1. The summed E-state index contributed by atoms with van der Waals surface area (Å²) in [4.78, 5) is 27.0. The summed E-state index contributed by atoms with van der Waals surface area (Å²) in [6.45, 7) is 3.68. The topological polar surface area (TPSA) is 97.1 Å². The van der Waals surface area contributed by atoms with E-state index < -0.39 is 30.8 Å². The summed E-state index contributed by atoms with van der Waals surface area (Å²) in [7, 11) is 0. The molecular weight excluding hydrogens is 322 g/mol. The second-order valence-corrected chi connectivity index (χ2v) is 5.24. The second-order valence-electron chi connectivity index (χ2n) is 5.24. The fourth-order valence-electron chi connectivity index (χ4n) is 2.15. The molecule has 0 saturated heterocycles. The Balaban J connectivity index is 2.13. The first kappa shape index (κ1) is 17.5. The normalized spacial score (nSPS) is 12.2. The van der Waals surface area contributed by atoms with Crippen LogP contribution in [0.5, 0.6) is 0 Å². The van der Waals surface area contributed by atoms with Crippen LogP contribution in [0.1, 0.15) is 28.2 Å². The van der Waals surface area contributed by atoms with Crippen LogP contribution in [0.25, 0.3) is 5.82 Å². The number of hydrogen-bond acceptors (Lipinski definition) is 4. The highest BCUT2D eigenvalue weighted by Gasteiger charge is 2.24. The van der Waals surface area contributed by atoms with Gasteiger partial charge in [-0.3, -0.25) is 4.79 Å². The molecule has 9 heteroatoms. The summed E-state index contributed by atoms with van der Waals surface area (Å²) < 4.78 is 26.3. The zero-order valence-corrected chi connectivity index (χ0v) is 13.0. The molecule has 2 rings (SSSR count). The maximum atomic E-state index is 12.3. The van der Waals surface area contributed by atoms with Gasteiger partial charge in [0.15, 0.2) is 5.82 Å². The Hall–Kier alpha value is -2.84. The Morgan fingerprint density at radius 1 is 1.33 bits per heavy atom. The van der Waals surface area contributed by atoms with Crippen molar-refractivity contribution < 1.29 is 23.5 Å². The van der Waals surface area contributed by atoms with Gasteiger partial charge in [-0.2, -0.15) is 5.10 Å². The van der Waals surface area contributed by atoms with E-state index in [0.717, 1.165) is 11.4 Å². The molecule has 0 aliphatic rings. The SMILES string of the molecule is Cc1cc(C)n(-c2ccc(C(=O)NC(CC(F)F)C(=O)O)cn2)n1. The molecule has 0 bridgehead atoms. The van der Waals surface area contributed by atoms with Crippen LogP contribution in [0.4, 0.5) is 8.78 Å². The summed E-state index contributed by atoms with van der Waals surface area (Å²) in [5.74, 6) is -1.81. The monoisotopic (exact) mass is 338 g/mol. The van der Waals surface area contributed by atoms with E-state index in [4.69, 9.17) is 5.11 Å². The van der Waals surface area contributed by atoms with Crippen LogP contribution in [0.15, 0.2) is 24.4 Å². The molecule has 2 aromatic rings. The van der Waals surface area contributed by atoms with Crippen molar-refractivity contribution in [3.63, 3.8) is 0 Å². The first-order valence-corrected chi connectivity index (χ1v) is 7.09. The molecule has 0 spiro atoms. The highest BCUT2D eigenvalue weighted by Crippen LogP contribution is 2.11. The van der Waals surface area contributed by atoms with E-state index >= 15 is 0 Å². The van der Waals surface area contributed by atoms with Crippen LogP contribution in [0.2, 0.25) is 0 Å². The third-order valence-electron chi connectivity index (χ3n) is 3.25. The summed E-state index contributed by atoms with van der Waals surface area (Å²) in [6, 6.07) is 3.17. The van der Waals surface area contributed by atoms with E-state index in [-0.39, 0.29) is 5.56 Å². The molecule has 2 aromatic heterocycles. The van der Waals surface area contributed by atoms with Crippen LogP contribution in [-0.4, -0.2) is 44.2 Å². The van der Waals surface area contributed by atoms with Gasteiger partial charge in [0.1, 0.15) is 6.04 Å². The molecule has 0 radical (unpaired) electrons. The Labute approximate surface area is 136 Å². The zero-order valence-electron chi connectivity index (χ0n) is 13.0. The number of aliphatic carboxylic acids is 1. The van der Waals surface area contributed by atoms with Crippen molar-refractivity contribution in [3.8, 4) is 5.82 Å². The number of nitrogens with zero attached hydrogens (tertiary/aromatic N) is 3. The molecule has 0 saturated carbocycles. The highest BCUT2D eigenvalue weighted by atomic mass is 19.3. The largest absolute Gasteiger partial charge is 0.480 e. The molecule has 0 fully saturated rings. The Morgan fingerprint density at radius 2 is 2.04 bits per heavy atom. The minimum absolute atomic E-state index is 0.0702. The van der Waals surface area contributed by atoms with Gasteiger partial charge in [-0.25, -0.2) is 23.2 Å². The number of halogens is 2. The van der Waals surface area contributed by atoms with Gasteiger partial charge >= 0.3 is 5.97 Å². The maximum absolute atomic E-state index is 12.3.